The lowest BCUT2D eigenvalue weighted by Gasteiger charge is -2.09. The third kappa shape index (κ3) is 3.96. The Morgan fingerprint density at radius 2 is 1.87 bits per heavy atom. The topological polar surface area (TPSA) is 81.8 Å². The van der Waals surface area contributed by atoms with Crippen molar-refractivity contribution in [2.45, 2.75) is 26.7 Å². The number of rotatable bonds is 5. The Morgan fingerprint density at radius 3 is 2.58 bits per heavy atom. The molecule has 4 aromatic rings. The molecule has 158 valence electrons. The van der Waals surface area contributed by atoms with Crippen LogP contribution in [0.4, 0.5) is 10.1 Å². The molecule has 2 aromatic carbocycles. The normalized spacial score (nSPS) is 11.1. The summed E-state index contributed by atoms with van der Waals surface area (Å²) in [7, 11) is 1.67. The molecule has 1 N–H and O–H groups in total. The number of halogens is 1. The third-order valence-electron chi connectivity index (χ3n) is 5.17. The van der Waals surface area contributed by atoms with Crippen molar-refractivity contribution in [1.29, 1.82) is 0 Å². The number of hydrogen-bond donors (Lipinski definition) is 1. The number of amides is 1. The zero-order chi connectivity index (χ0) is 22.1. The van der Waals surface area contributed by atoms with E-state index in [-0.39, 0.29) is 35.8 Å². The molecule has 0 aliphatic rings. The van der Waals surface area contributed by atoms with Gasteiger partial charge in [-0.2, -0.15) is 5.10 Å². The number of carbonyl (C=O) groups is 1. The van der Waals surface area contributed by atoms with Gasteiger partial charge in [0.15, 0.2) is 5.65 Å². The van der Waals surface area contributed by atoms with E-state index in [1.54, 1.807) is 30.8 Å². The summed E-state index contributed by atoms with van der Waals surface area (Å²) in [4.78, 5) is 29.7. The highest BCUT2D eigenvalue weighted by atomic mass is 19.1. The van der Waals surface area contributed by atoms with Crippen molar-refractivity contribution < 1.29 is 9.18 Å². The fourth-order valence-corrected chi connectivity index (χ4v) is 3.45. The number of para-hydroxylation sites is 1. The van der Waals surface area contributed by atoms with E-state index >= 15 is 0 Å². The van der Waals surface area contributed by atoms with Crippen LogP contribution in [0.5, 0.6) is 0 Å². The van der Waals surface area contributed by atoms with Gasteiger partial charge in [0, 0.05) is 25.6 Å². The van der Waals surface area contributed by atoms with Crippen LogP contribution in [0.2, 0.25) is 0 Å². The minimum atomic E-state index is -0.385. The predicted molar refractivity (Wildman–Crippen MR) is 117 cm³/mol. The Morgan fingerprint density at radius 1 is 1.13 bits per heavy atom. The summed E-state index contributed by atoms with van der Waals surface area (Å²) in [6.07, 6.45) is 0.216. The molecule has 0 bridgehead atoms. The van der Waals surface area contributed by atoms with Crippen LogP contribution in [0.15, 0.2) is 53.3 Å². The Labute approximate surface area is 178 Å². The first-order chi connectivity index (χ1) is 14.8. The Kier molecular flexibility index (Phi) is 5.37. The minimum absolute atomic E-state index is 0.0507. The molecule has 0 saturated carbocycles. The lowest BCUT2D eigenvalue weighted by atomic mass is 10.2. The second-order valence-electron chi connectivity index (χ2n) is 7.44. The lowest BCUT2D eigenvalue weighted by molar-refractivity contribution is -0.116. The molecule has 0 atom stereocenters. The highest BCUT2D eigenvalue weighted by Gasteiger charge is 2.18. The molecular weight excluding hydrogens is 397 g/mol. The molecule has 0 fully saturated rings. The van der Waals surface area contributed by atoms with Gasteiger partial charge in [-0.25, -0.2) is 14.1 Å². The summed E-state index contributed by atoms with van der Waals surface area (Å²) in [6, 6.07) is 14.0. The molecule has 7 nitrogen and oxygen atoms in total. The highest BCUT2D eigenvalue weighted by molar-refractivity contribution is 5.90. The summed E-state index contributed by atoms with van der Waals surface area (Å²) in [6.45, 7) is 3.49. The number of anilines is 1. The van der Waals surface area contributed by atoms with Crippen molar-refractivity contribution in [2.24, 2.45) is 7.05 Å². The zero-order valence-corrected chi connectivity index (χ0v) is 17.5. The van der Waals surface area contributed by atoms with Gasteiger partial charge >= 0.3 is 0 Å². The molecule has 8 heteroatoms. The lowest BCUT2D eigenvalue weighted by Crippen LogP contribution is -2.25. The molecule has 0 radical (unpaired) electrons. The van der Waals surface area contributed by atoms with Gasteiger partial charge in [-0.15, -0.1) is 0 Å². The fraction of sp³-hybridized carbons (Fsp3) is 0.217. The Bertz CT molecular complexity index is 1340. The summed E-state index contributed by atoms with van der Waals surface area (Å²) < 4.78 is 16.9. The van der Waals surface area contributed by atoms with Gasteiger partial charge in [0.05, 0.1) is 11.4 Å². The minimum Gasteiger partial charge on any atom is -0.326 e. The van der Waals surface area contributed by atoms with E-state index < -0.39 is 0 Å². The van der Waals surface area contributed by atoms with E-state index in [4.69, 9.17) is 0 Å². The molecule has 2 heterocycles. The van der Waals surface area contributed by atoms with E-state index in [1.807, 2.05) is 37.3 Å². The van der Waals surface area contributed by atoms with Crippen molar-refractivity contribution in [1.82, 2.24) is 19.3 Å². The number of hydrogen-bond acceptors (Lipinski definition) is 4. The molecule has 2 aromatic heterocycles. The van der Waals surface area contributed by atoms with Crippen LogP contribution in [-0.2, 0) is 18.3 Å². The number of carbonyl (C=O) groups excluding carboxylic acids is 1. The summed E-state index contributed by atoms with van der Waals surface area (Å²) in [5.41, 5.74) is 3.62. The van der Waals surface area contributed by atoms with Crippen molar-refractivity contribution in [3.05, 3.63) is 81.7 Å². The summed E-state index contributed by atoms with van der Waals surface area (Å²) in [5, 5.41) is 7.21. The van der Waals surface area contributed by atoms with Crippen LogP contribution in [0, 0.1) is 19.7 Å². The van der Waals surface area contributed by atoms with E-state index in [0.717, 1.165) is 5.69 Å². The van der Waals surface area contributed by atoms with Crippen LogP contribution >= 0.6 is 0 Å². The third-order valence-corrected chi connectivity index (χ3v) is 5.17. The van der Waals surface area contributed by atoms with Crippen molar-refractivity contribution in [2.75, 3.05) is 5.32 Å². The molecule has 0 spiro atoms. The second-order valence-corrected chi connectivity index (χ2v) is 7.44. The van der Waals surface area contributed by atoms with Crippen LogP contribution < -0.4 is 10.9 Å². The maximum Gasteiger partial charge on any atom is 0.273 e. The number of fused-ring (bicyclic) bond motifs is 1. The molecule has 0 aliphatic carbocycles. The first-order valence-corrected chi connectivity index (χ1v) is 9.92. The second kappa shape index (κ2) is 8.14. The van der Waals surface area contributed by atoms with E-state index in [1.165, 1.54) is 10.6 Å². The number of benzene rings is 2. The van der Waals surface area contributed by atoms with Crippen molar-refractivity contribution >= 4 is 22.8 Å². The van der Waals surface area contributed by atoms with E-state index in [2.05, 4.69) is 15.4 Å². The number of aryl methyl sites for hydroxylation is 4. The van der Waals surface area contributed by atoms with Gasteiger partial charge in [-0.1, -0.05) is 24.3 Å². The number of nitrogens with one attached hydrogen (secondary N) is 1. The summed E-state index contributed by atoms with van der Waals surface area (Å²) >= 11 is 0. The Hall–Kier alpha value is -3.81. The summed E-state index contributed by atoms with van der Waals surface area (Å²) in [5.74, 6) is -0.700. The van der Waals surface area contributed by atoms with Crippen LogP contribution in [-0.4, -0.2) is 25.2 Å². The van der Waals surface area contributed by atoms with Gasteiger partial charge in [-0.05, 0) is 43.7 Å². The molecular formula is C23H22FN5O2. The van der Waals surface area contributed by atoms with Crippen LogP contribution in [0.1, 0.15) is 23.4 Å². The SMILES string of the molecule is Cc1ccc(NC(=O)CCc2nc3c(C)nn(-c4ccccc4)c3n(C)c2=O)cc1F. The first kappa shape index (κ1) is 20.5. The fourth-order valence-electron chi connectivity index (χ4n) is 3.45. The first-order valence-electron chi connectivity index (χ1n) is 9.92. The zero-order valence-electron chi connectivity index (χ0n) is 17.5. The molecule has 31 heavy (non-hydrogen) atoms. The highest BCUT2D eigenvalue weighted by Crippen LogP contribution is 2.19. The largest absolute Gasteiger partial charge is 0.326 e. The van der Waals surface area contributed by atoms with Gasteiger partial charge in [0.1, 0.15) is 17.0 Å². The van der Waals surface area contributed by atoms with E-state index in [9.17, 15) is 14.0 Å². The average Bonchev–Trinajstić information content (AvgIpc) is 3.09. The van der Waals surface area contributed by atoms with Gasteiger partial charge in [0.25, 0.3) is 5.56 Å². The predicted octanol–water partition coefficient (Wildman–Crippen LogP) is 3.45. The number of nitrogens with zero attached hydrogens (tertiary/aromatic N) is 4. The van der Waals surface area contributed by atoms with Crippen molar-refractivity contribution in [3.63, 3.8) is 0 Å². The Balaban J connectivity index is 1.59. The van der Waals surface area contributed by atoms with Gasteiger partial charge < -0.3 is 5.32 Å². The maximum atomic E-state index is 13.7. The maximum absolute atomic E-state index is 13.7. The van der Waals surface area contributed by atoms with Gasteiger partial charge in [0.2, 0.25) is 5.91 Å². The van der Waals surface area contributed by atoms with E-state index in [0.29, 0.717) is 28.1 Å². The molecule has 0 aliphatic heterocycles. The standard InChI is InChI=1S/C23H22FN5O2/c1-14-9-10-16(13-18(14)24)25-20(30)12-11-19-23(31)28(3)22-21(26-19)15(2)27-29(22)17-7-5-4-6-8-17/h4-10,13H,11-12H2,1-3H3,(H,25,30). The van der Waals surface area contributed by atoms with Crippen LogP contribution in [0.25, 0.3) is 16.9 Å². The smallest absolute Gasteiger partial charge is 0.273 e. The molecule has 1 amide bonds. The monoisotopic (exact) mass is 419 g/mol. The quantitative estimate of drug-likeness (QED) is 0.537. The molecule has 0 saturated heterocycles. The molecule has 0 unspecified atom stereocenters. The van der Waals surface area contributed by atoms with Gasteiger partial charge in [-0.3, -0.25) is 14.2 Å². The number of aromatic nitrogens is 4. The molecule has 4 rings (SSSR count). The average molecular weight is 419 g/mol. The van der Waals surface area contributed by atoms with Crippen LogP contribution in [0.3, 0.4) is 0 Å². The van der Waals surface area contributed by atoms with Crippen molar-refractivity contribution in [3.8, 4) is 5.69 Å².